The summed E-state index contributed by atoms with van der Waals surface area (Å²) in [5, 5.41) is 2.49. The van der Waals surface area contributed by atoms with Crippen molar-refractivity contribution >= 4 is 18.8 Å². The van der Waals surface area contributed by atoms with Crippen LogP contribution < -0.4 is 10.6 Å². The van der Waals surface area contributed by atoms with Crippen LogP contribution >= 0.6 is 8.15 Å². The Morgan fingerprint density at radius 3 is 1.68 bits per heavy atom. The minimum Gasteiger partial charge on any atom is -0.345 e. The van der Waals surface area contributed by atoms with Crippen LogP contribution in [-0.2, 0) is 11.1 Å². The normalized spacial score (nSPS) is 10.8. The SMILES string of the molecule is Cc1ccc(COP(c2ccccc2)c2ccccc2)cc1. The van der Waals surface area contributed by atoms with Crippen molar-refractivity contribution in [2.75, 3.05) is 0 Å². The molecule has 0 aliphatic heterocycles. The lowest BCUT2D eigenvalue weighted by Gasteiger charge is -2.18. The Morgan fingerprint density at radius 1 is 0.682 bits per heavy atom. The van der Waals surface area contributed by atoms with Gasteiger partial charge in [-0.15, -0.1) is 0 Å². The van der Waals surface area contributed by atoms with Gasteiger partial charge in [0.25, 0.3) is 0 Å². The second-order valence-corrected chi connectivity index (χ2v) is 7.10. The summed E-state index contributed by atoms with van der Waals surface area (Å²) in [7, 11) is -0.782. The second-order valence-electron chi connectivity index (χ2n) is 5.22. The molecule has 0 saturated carbocycles. The second kappa shape index (κ2) is 7.35. The summed E-state index contributed by atoms with van der Waals surface area (Å²) in [6.07, 6.45) is 0. The topological polar surface area (TPSA) is 9.23 Å². The molecule has 110 valence electrons. The molecule has 0 unspecified atom stereocenters. The minimum absolute atomic E-state index is 0.635. The number of hydrogen-bond acceptors (Lipinski definition) is 1. The van der Waals surface area contributed by atoms with Crippen molar-refractivity contribution in [1.82, 2.24) is 0 Å². The summed E-state index contributed by atoms with van der Waals surface area (Å²) in [5.41, 5.74) is 2.49. The summed E-state index contributed by atoms with van der Waals surface area (Å²) >= 11 is 0. The maximum absolute atomic E-state index is 6.30. The van der Waals surface area contributed by atoms with Crippen molar-refractivity contribution in [2.45, 2.75) is 13.5 Å². The monoisotopic (exact) mass is 306 g/mol. The fraction of sp³-hybridized carbons (Fsp3) is 0.100. The van der Waals surface area contributed by atoms with Crippen molar-refractivity contribution in [3.63, 3.8) is 0 Å². The Hall–Kier alpha value is -1.95. The van der Waals surface area contributed by atoms with Gasteiger partial charge in [-0.05, 0) is 12.5 Å². The highest BCUT2D eigenvalue weighted by Crippen LogP contribution is 2.35. The Labute approximate surface area is 133 Å². The molecule has 0 aliphatic carbocycles. The van der Waals surface area contributed by atoms with E-state index in [4.69, 9.17) is 4.52 Å². The standard InChI is InChI=1S/C20H19OP/c1-17-12-14-18(15-13-17)16-21-22(19-8-4-2-5-9-19)20-10-6-3-7-11-20/h2-15H,16H2,1H3. The van der Waals surface area contributed by atoms with Crippen molar-refractivity contribution in [3.8, 4) is 0 Å². The fourth-order valence-electron chi connectivity index (χ4n) is 2.25. The van der Waals surface area contributed by atoms with Gasteiger partial charge in [0, 0.05) is 10.6 Å². The van der Waals surface area contributed by atoms with Crippen LogP contribution in [0.15, 0.2) is 84.9 Å². The van der Waals surface area contributed by atoms with Crippen LogP contribution in [0.1, 0.15) is 11.1 Å². The first-order valence-electron chi connectivity index (χ1n) is 7.41. The molecule has 3 aromatic carbocycles. The molecule has 0 saturated heterocycles. The quantitative estimate of drug-likeness (QED) is 0.628. The fourth-order valence-corrected chi connectivity index (χ4v) is 4.01. The first kappa shape index (κ1) is 15.0. The van der Waals surface area contributed by atoms with Crippen LogP contribution in [0.2, 0.25) is 0 Å². The zero-order valence-corrected chi connectivity index (χ0v) is 13.5. The van der Waals surface area contributed by atoms with Crippen LogP contribution in [-0.4, -0.2) is 0 Å². The molecule has 0 radical (unpaired) electrons. The van der Waals surface area contributed by atoms with Gasteiger partial charge in [0.1, 0.15) is 0 Å². The van der Waals surface area contributed by atoms with E-state index in [2.05, 4.69) is 79.7 Å². The zero-order valence-electron chi connectivity index (χ0n) is 12.6. The first-order valence-corrected chi connectivity index (χ1v) is 8.67. The van der Waals surface area contributed by atoms with Gasteiger partial charge in [0.15, 0.2) is 0 Å². The molecule has 0 fully saturated rings. The lowest BCUT2D eigenvalue weighted by molar-refractivity contribution is 0.350. The Balaban J connectivity index is 1.81. The van der Waals surface area contributed by atoms with Crippen molar-refractivity contribution in [2.24, 2.45) is 0 Å². The highest BCUT2D eigenvalue weighted by Gasteiger charge is 2.14. The molecule has 1 nitrogen and oxygen atoms in total. The first-order chi connectivity index (χ1) is 10.8. The smallest absolute Gasteiger partial charge is 0.0922 e. The largest absolute Gasteiger partial charge is 0.345 e. The Kier molecular flexibility index (Phi) is 5.00. The zero-order chi connectivity index (χ0) is 15.2. The summed E-state index contributed by atoms with van der Waals surface area (Å²) < 4.78 is 6.30. The van der Waals surface area contributed by atoms with Gasteiger partial charge in [-0.1, -0.05) is 90.5 Å². The Morgan fingerprint density at radius 2 is 1.18 bits per heavy atom. The van der Waals surface area contributed by atoms with Crippen molar-refractivity contribution < 1.29 is 4.52 Å². The molecule has 0 aromatic heterocycles. The summed E-state index contributed by atoms with van der Waals surface area (Å²) in [6.45, 7) is 2.74. The molecular formula is C20H19OP. The van der Waals surface area contributed by atoms with E-state index in [1.54, 1.807) is 0 Å². The van der Waals surface area contributed by atoms with Crippen LogP contribution in [0.3, 0.4) is 0 Å². The van der Waals surface area contributed by atoms with Crippen LogP contribution in [0.25, 0.3) is 0 Å². The molecule has 0 N–H and O–H groups in total. The molecule has 0 atom stereocenters. The molecule has 3 rings (SSSR count). The summed E-state index contributed by atoms with van der Waals surface area (Å²) in [4.78, 5) is 0. The van der Waals surface area contributed by atoms with Crippen LogP contribution in [0, 0.1) is 6.92 Å². The van der Waals surface area contributed by atoms with E-state index in [0.29, 0.717) is 6.61 Å². The van der Waals surface area contributed by atoms with Gasteiger partial charge >= 0.3 is 0 Å². The molecule has 0 bridgehead atoms. The third-order valence-corrected chi connectivity index (χ3v) is 5.38. The Bertz CT molecular complexity index is 653. The third-order valence-electron chi connectivity index (χ3n) is 3.46. The molecular weight excluding hydrogens is 287 g/mol. The van der Waals surface area contributed by atoms with Gasteiger partial charge in [0.05, 0.1) is 14.8 Å². The third kappa shape index (κ3) is 3.82. The number of rotatable bonds is 5. The highest BCUT2D eigenvalue weighted by molar-refractivity contribution is 7.68. The van der Waals surface area contributed by atoms with E-state index in [1.165, 1.54) is 21.7 Å². The molecule has 2 heteroatoms. The van der Waals surface area contributed by atoms with E-state index in [0.717, 1.165) is 0 Å². The number of benzene rings is 3. The van der Waals surface area contributed by atoms with E-state index in [-0.39, 0.29) is 0 Å². The average molecular weight is 306 g/mol. The van der Waals surface area contributed by atoms with Gasteiger partial charge in [-0.3, -0.25) is 0 Å². The van der Waals surface area contributed by atoms with E-state index in [9.17, 15) is 0 Å². The highest BCUT2D eigenvalue weighted by atomic mass is 31.1. The van der Waals surface area contributed by atoms with Crippen molar-refractivity contribution in [3.05, 3.63) is 96.1 Å². The van der Waals surface area contributed by atoms with Crippen molar-refractivity contribution in [1.29, 1.82) is 0 Å². The maximum atomic E-state index is 6.30. The molecule has 0 spiro atoms. The van der Waals surface area contributed by atoms with E-state index >= 15 is 0 Å². The van der Waals surface area contributed by atoms with Gasteiger partial charge in [0.2, 0.25) is 0 Å². The molecule has 0 aliphatic rings. The lowest BCUT2D eigenvalue weighted by atomic mass is 10.2. The maximum Gasteiger partial charge on any atom is 0.0922 e. The predicted molar refractivity (Wildman–Crippen MR) is 95.0 cm³/mol. The minimum atomic E-state index is -0.782. The van der Waals surface area contributed by atoms with Gasteiger partial charge in [-0.2, -0.15) is 0 Å². The predicted octanol–water partition coefficient (Wildman–Crippen LogP) is 4.56. The number of aryl methyl sites for hydroxylation is 1. The molecule has 3 aromatic rings. The molecule has 22 heavy (non-hydrogen) atoms. The van der Waals surface area contributed by atoms with Crippen LogP contribution in [0.4, 0.5) is 0 Å². The lowest BCUT2D eigenvalue weighted by Crippen LogP contribution is -2.13. The van der Waals surface area contributed by atoms with E-state index < -0.39 is 8.15 Å². The average Bonchev–Trinajstić information content (AvgIpc) is 2.59. The van der Waals surface area contributed by atoms with Gasteiger partial charge < -0.3 is 4.52 Å². The molecule has 0 amide bonds. The van der Waals surface area contributed by atoms with Gasteiger partial charge in [-0.25, -0.2) is 0 Å². The van der Waals surface area contributed by atoms with Crippen LogP contribution in [0.5, 0.6) is 0 Å². The molecule has 0 heterocycles. The van der Waals surface area contributed by atoms with E-state index in [1.807, 2.05) is 12.1 Å². The summed E-state index contributed by atoms with van der Waals surface area (Å²) in [6, 6.07) is 29.5. The summed E-state index contributed by atoms with van der Waals surface area (Å²) in [5.74, 6) is 0. The number of hydrogen-bond donors (Lipinski definition) is 0.